The van der Waals surface area contributed by atoms with Crippen LogP contribution in [0.3, 0.4) is 0 Å². The topological polar surface area (TPSA) is 100 Å². The predicted molar refractivity (Wildman–Crippen MR) is 149 cm³/mol. The molecule has 0 unspecified atom stereocenters. The lowest BCUT2D eigenvalue weighted by Crippen LogP contribution is -2.58. The van der Waals surface area contributed by atoms with Gasteiger partial charge in [-0.05, 0) is 30.4 Å². The summed E-state index contributed by atoms with van der Waals surface area (Å²) in [5.41, 5.74) is 1.89. The van der Waals surface area contributed by atoms with Crippen LogP contribution >= 0.6 is 11.6 Å². The molecule has 40 heavy (non-hydrogen) atoms. The molecule has 0 fully saturated rings. The summed E-state index contributed by atoms with van der Waals surface area (Å²) < 4.78 is 22.3. The number of allylic oxidation sites excluding steroid dienone is 2. The van der Waals surface area contributed by atoms with Crippen molar-refractivity contribution in [3.63, 3.8) is 0 Å². The summed E-state index contributed by atoms with van der Waals surface area (Å²) in [7, 11) is 4.17. The quantitative estimate of drug-likeness (QED) is 0.375. The van der Waals surface area contributed by atoms with Gasteiger partial charge >= 0.3 is 5.97 Å². The normalized spacial score (nSPS) is 23.6. The molecule has 0 bridgehead atoms. The van der Waals surface area contributed by atoms with Crippen LogP contribution in [-0.2, 0) is 14.3 Å². The Kier molecular flexibility index (Phi) is 6.94. The number of dihydropyridines is 1. The van der Waals surface area contributed by atoms with Crippen LogP contribution in [0, 0.1) is 5.92 Å². The summed E-state index contributed by atoms with van der Waals surface area (Å²) in [6.07, 6.45) is 0.324. The summed E-state index contributed by atoms with van der Waals surface area (Å²) in [5.74, 6) is -2.15. The molecule has 0 radical (unpaired) electrons. The monoisotopic (exact) mass is 565 g/mol. The Morgan fingerprint density at radius 1 is 1.07 bits per heavy atom. The van der Waals surface area contributed by atoms with Gasteiger partial charge in [-0.3, -0.25) is 9.59 Å². The molecule has 0 saturated heterocycles. The molecule has 0 saturated carbocycles. The summed E-state index contributed by atoms with van der Waals surface area (Å²) >= 11 is 6.59. The lowest BCUT2D eigenvalue weighted by atomic mass is 9.65. The van der Waals surface area contributed by atoms with Crippen molar-refractivity contribution in [2.24, 2.45) is 5.92 Å². The lowest BCUT2D eigenvalue weighted by molar-refractivity contribution is -0.136. The average Bonchev–Trinajstić information content (AvgIpc) is 3.25. The van der Waals surface area contributed by atoms with Gasteiger partial charge in [-0.2, -0.15) is 0 Å². The Morgan fingerprint density at radius 2 is 1.73 bits per heavy atom. The highest BCUT2D eigenvalue weighted by atomic mass is 35.5. The maximum Gasteiger partial charge on any atom is 0.336 e. The van der Waals surface area contributed by atoms with Crippen LogP contribution in [-0.4, -0.2) is 44.5 Å². The number of nitrogens with one attached hydrogen (secondary N) is 1. The third kappa shape index (κ3) is 3.84. The van der Waals surface area contributed by atoms with Gasteiger partial charge in [-0.1, -0.05) is 56.6 Å². The molecule has 2 aliphatic heterocycles. The molecule has 8 nitrogen and oxygen atoms in total. The van der Waals surface area contributed by atoms with E-state index in [1.165, 1.54) is 27.4 Å². The van der Waals surface area contributed by atoms with Gasteiger partial charge in [-0.25, -0.2) is 4.79 Å². The van der Waals surface area contributed by atoms with Crippen molar-refractivity contribution in [3.8, 4) is 17.2 Å². The first-order valence-corrected chi connectivity index (χ1v) is 13.5. The van der Waals surface area contributed by atoms with Crippen LogP contribution in [0.25, 0.3) is 0 Å². The van der Waals surface area contributed by atoms with E-state index in [1.807, 2.05) is 24.3 Å². The van der Waals surface area contributed by atoms with Crippen molar-refractivity contribution in [2.45, 2.75) is 51.6 Å². The van der Waals surface area contributed by atoms with Gasteiger partial charge in [0.15, 0.2) is 5.75 Å². The first-order chi connectivity index (χ1) is 19.0. The lowest BCUT2D eigenvalue weighted by Gasteiger charge is -2.42. The number of benzene rings is 2. The van der Waals surface area contributed by atoms with Gasteiger partial charge in [0.1, 0.15) is 22.1 Å². The van der Waals surface area contributed by atoms with Crippen molar-refractivity contribution in [1.82, 2.24) is 5.32 Å². The van der Waals surface area contributed by atoms with E-state index in [2.05, 4.69) is 19.2 Å². The molecule has 1 spiro atoms. The third-order valence-corrected chi connectivity index (χ3v) is 8.55. The van der Waals surface area contributed by atoms with Crippen LogP contribution in [0.4, 0.5) is 0 Å². The molecular weight excluding hydrogens is 534 g/mol. The molecule has 9 heteroatoms. The Hall–Kier alpha value is -3.78. The Balaban J connectivity index is 1.70. The average molecular weight is 566 g/mol. The van der Waals surface area contributed by atoms with Crippen molar-refractivity contribution in [3.05, 3.63) is 74.6 Å². The molecule has 2 aromatic rings. The number of hydrogen-bond donors (Lipinski definition) is 1. The van der Waals surface area contributed by atoms with E-state index in [9.17, 15) is 14.4 Å². The minimum absolute atomic E-state index is 0.0497. The number of fused-ring (bicyclic) bond motifs is 1. The number of ketones is 2. The van der Waals surface area contributed by atoms with Crippen LogP contribution in [0.5, 0.6) is 17.2 Å². The molecule has 5 rings (SSSR count). The minimum Gasteiger partial charge on any atom is -0.496 e. The highest BCUT2D eigenvalue weighted by Gasteiger charge is 2.63. The number of carbonyl (C=O) groups excluding carboxylic acids is 3. The fraction of sp³-hybridized carbons (Fsp3) is 0.387. The summed E-state index contributed by atoms with van der Waals surface area (Å²) in [4.78, 5) is 42.1. The zero-order chi connectivity index (χ0) is 29.1. The van der Waals surface area contributed by atoms with E-state index >= 15 is 0 Å². The Bertz CT molecular complexity index is 1500. The molecule has 1 N–H and O–H groups in total. The number of hydrogen-bond acceptors (Lipinski definition) is 8. The molecular formula is C31H32ClNO7. The van der Waals surface area contributed by atoms with E-state index in [-0.39, 0.29) is 27.8 Å². The van der Waals surface area contributed by atoms with E-state index in [1.54, 1.807) is 13.8 Å². The number of methoxy groups -OCH3 is 3. The second-order valence-corrected chi connectivity index (χ2v) is 11.1. The van der Waals surface area contributed by atoms with Crippen LogP contribution in [0.15, 0.2) is 52.9 Å². The highest BCUT2D eigenvalue weighted by Crippen LogP contribution is 2.56. The largest absolute Gasteiger partial charge is 0.496 e. The van der Waals surface area contributed by atoms with Gasteiger partial charge in [0.2, 0.25) is 17.2 Å². The number of halogens is 1. The zero-order valence-electron chi connectivity index (χ0n) is 23.6. The Morgan fingerprint density at radius 3 is 2.30 bits per heavy atom. The van der Waals surface area contributed by atoms with Gasteiger partial charge in [0, 0.05) is 34.9 Å². The van der Waals surface area contributed by atoms with Crippen LogP contribution in [0.1, 0.15) is 67.4 Å². The minimum atomic E-state index is -1.89. The number of Topliss-reactive ketones (excluding diaryl/α,β-unsaturated/α-hetero) is 2. The van der Waals surface area contributed by atoms with Gasteiger partial charge in [0.05, 0.1) is 26.9 Å². The molecule has 2 aromatic carbocycles. The van der Waals surface area contributed by atoms with Gasteiger partial charge in [0.25, 0.3) is 0 Å². The fourth-order valence-electron chi connectivity index (χ4n) is 6.06. The van der Waals surface area contributed by atoms with E-state index < -0.39 is 35.0 Å². The van der Waals surface area contributed by atoms with E-state index in [0.717, 1.165) is 11.1 Å². The second kappa shape index (κ2) is 10.0. The summed E-state index contributed by atoms with van der Waals surface area (Å²) in [5, 5.41) is 3.35. The van der Waals surface area contributed by atoms with E-state index in [0.29, 0.717) is 34.9 Å². The molecule has 210 valence electrons. The maximum absolute atomic E-state index is 14.7. The third-order valence-electron chi connectivity index (χ3n) is 8.19. The molecule has 2 heterocycles. The summed E-state index contributed by atoms with van der Waals surface area (Å²) in [6, 6.07) is 9.32. The molecule has 1 aliphatic carbocycles. The second-order valence-electron chi connectivity index (χ2n) is 10.7. The predicted octanol–water partition coefficient (Wildman–Crippen LogP) is 5.49. The standard InChI is InChI=1S/C31H32ClNO7/c1-14(2)17-8-10-18(11-9-17)23-22(30(36)39-7)16(4)33-19-12-15(3)31(28(34)24(19)23)29(35)25-20(37-5)13-21(38-6)26(32)27(25)40-31/h8-11,13-15,23,33H,12H2,1-7H3/t15-,23+,31+/m1/s1. The van der Waals surface area contributed by atoms with Gasteiger partial charge in [-0.15, -0.1) is 0 Å². The van der Waals surface area contributed by atoms with E-state index in [4.69, 9.17) is 30.5 Å². The van der Waals surface area contributed by atoms with Crippen LogP contribution < -0.4 is 19.5 Å². The molecule has 0 amide bonds. The molecule has 3 atom stereocenters. The molecule has 0 aromatic heterocycles. The smallest absolute Gasteiger partial charge is 0.336 e. The van der Waals surface area contributed by atoms with Crippen molar-refractivity contribution in [1.29, 1.82) is 0 Å². The van der Waals surface area contributed by atoms with Crippen molar-refractivity contribution in [2.75, 3.05) is 21.3 Å². The number of esters is 1. The van der Waals surface area contributed by atoms with Crippen molar-refractivity contribution >= 4 is 29.1 Å². The highest BCUT2D eigenvalue weighted by molar-refractivity contribution is 6.36. The van der Waals surface area contributed by atoms with Crippen molar-refractivity contribution < 1.29 is 33.3 Å². The first-order valence-electron chi connectivity index (χ1n) is 13.1. The number of ether oxygens (including phenoxy) is 4. The summed E-state index contributed by atoms with van der Waals surface area (Å²) in [6.45, 7) is 7.77. The Labute approximate surface area is 238 Å². The zero-order valence-corrected chi connectivity index (χ0v) is 24.3. The molecule has 3 aliphatic rings. The number of rotatable bonds is 5. The fourth-order valence-corrected chi connectivity index (χ4v) is 6.33. The number of carbonyl (C=O) groups is 3. The maximum atomic E-state index is 14.7. The first kappa shape index (κ1) is 27.8. The van der Waals surface area contributed by atoms with Gasteiger partial charge < -0.3 is 24.3 Å². The van der Waals surface area contributed by atoms with Crippen LogP contribution in [0.2, 0.25) is 5.02 Å². The SMILES string of the molecule is COC(=O)C1=C(C)NC2=C(C(=O)[C@@]3(Oc4c(Cl)c(OC)cc(OC)c4C3=O)[C@H](C)C2)[C@H]1c1ccc(C(C)C)cc1.